The van der Waals surface area contributed by atoms with Crippen molar-refractivity contribution in [3.63, 3.8) is 0 Å². The Morgan fingerprint density at radius 1 is 1.33 bits per heavy atom. The van der Waals surface area contributed by atoms with Crippen LogP contribution in [0.4, 0.5) is 5.82 Å². The van der Waals surface area contributed by atoms with E-state index in [0.29, 0.717) is 5.56 Å². The lowest BCUT2D eigenvalue weighted by Gasteiger charge is -2.13. The molecule has 3 N–H and O–H groups in total. The van der Waals surface area contributed by atoms with Crippen LogP contribution in [0.5, 0.6) is 0 Å². The second kappa shape index (κ2) is 5.55. The largest absolute Gasteiger partial charge is 0.383 e. The summed E-state index contributed by atoms with van der Waals surface area (Å²) in [4.78, 5) is 16.5. The molecule has 0 atom stereocenters. The highest BCUT2D eigenvalue weighted by Gasteiger charge is 2.20. The van der Waals surface area contributed by atoms with Gasteiger partial charge >= 0.3 is 0 Å². The van der Waals surface area contributed by atoms with Gasteiger partial charge in [0, 0.05) is 36.6 Å². The molecule has 0 spiro atoms. The van der Waals surface area contributed by atoms with Crippen LogP contribution < -0.4 is 11.1 Å². The topological polar surface area (TPSA) is 85.8 Å². The fourth-order valence-electron chi connectivity index (χ4n) is 2.72. The van der Waals surface area contributed by atoms with Gasteiger partial charge in [0.2, 0.25) is 0 Å². The third-order valence-electron chi connectivity index (χ3n) is 3.89. The summed E-state index contributed by atoms with van der Waals surface area (Å²) in [6.45, 7) is 0. The van der Waals surface area contributed by atoms with Crippen molar-refractivity contribution >= 4 is 11.7 Å². The molecule has 1 aliphatic rings. The molecule has 0 saturated heterocycles. The molecular formula is C15H19N5O. The molecule has 1 saturated carbocycles. The Hall–Kier alpha value is -2.37. The van der Waals surface area contributed by atoms with E-state index in [0.717, 1.165) is 24.0 Å². The lowest BCUT2D eigenvalue weighted by molar-refractivity contribution is 0.0938. The zero-order valence-corrected chi connectivity index (χ0v) is 12.0. The van der Waals surface area contributed by atoms with Crippen molar-refractivity contribution in [3.8, 4) is 11.1 Å². The van der Waals surface area contributed by atoms with Crippen LogP contribution in [-0.2, 0) is 7.05 Å². The van der Waals surface area contributed by atoms with Crippen molar-refractivity contribution in [2.24, 2.45) is 7.05 Å². The van der Waals surface area contributed by atoms with Crippen LogP contribution in [0.25, 0.3) is 11.1 Å². The summed E-state index contributed by atoms with van der Waals surface area (Å²) < 4.78 is 1.71. The molecular weight excluding hydrogens is 266 g/mol. The van der Waals surface area contributed by atoms with E-state index in [9.17, 15) is 4.79 Å². The lowest BCUT2D eigenvalue weighted by atomic mass is 10.1. The van der Waals surface area contributed by atoms with Crippen LogP contribution in [0.1, 0.15) is 36.0 Å². The number of aryl methyl sites for hydroxylation is 1. The van der Waals surface area contributed by atoms with Gasteiger partial charge in [-0.25, -0.2) is 4.98 Å². The van der Waals surface area contributed by atoms with Crippen LogP contribution >= 0.6 is 0 Å². The van der Waals surface area contributed by atoms with Gasteiger partial charge in [-0.1, -0.05) is 12.8 Å². The van der Waals surface area contributed by atoms with Gasteiger partial charge in [-0.2, -0.15) is 5.10 Å². The number of amides is 1. The van der Waals surface area contributed by atoms with Crippen molar-refractivity contribution in [3.05, 3.63) is 30.2 Å². The molecule has 0 aliphatic heterocycles. The summed E-state index contributed by atoms with van der Waals surface area (Å²) in [5.74, 6) is 0.121. The van der Waals surface area contributed by atoms with Gasteiger partial charge in [-0.15, -0.1) is 0 Å². The fraction of sp³-hybridized carbons (Fsp3) is 0.400. The first-order valence-electron chi connectivity index (χ1n) is 7.19. The van der Waals surface area contributed by atoms with Gasteiger partial charge in [-0.05, 0) is 18.9 Å². The average Bonchev–Trinajstić information content (AvgIpc) is 3.11. The molecule has 1 amide bonds. The second-order valence-electron chi connectivity index (χ2n) is 5.51. The smallest absolute Gasteiger partial charge is 0.255 e. The zero-order valence-electron chi connectivity index (χ0n) is 12.0. The molecule has 0 aromatic carbocycles. The standard InChI is InChI=1S/C15H19N5O/c1-20-9-11(8-18-20)10-6-13(14(16)17-7-10)15(21)19-12-4-2-3-5-12/h6-9,12H,2-5H2,1H3,(H2,16,17)(H,19,21). The van der Waals surface area contributed by atoms with Crippen molar-refractivity contribution in [2.75, 3.05) is 5.73 Å². The van der Waals surface area contributed by atoms with E-state index in [1.54, 1.807) is 23.1 Å². The Morgan fingerprint density at radius 2 is 2.10 bits per heavy atom. The molecule has 0 radical (unpaired) electrons. The minimum atomic E-state index is -0.141. The third kappa shape index (κ3) is 2.89. The van der Waals surface area contributed by atoms with Gasteiger partial charge in [0.05, 0.1) is 11.8 Å². The number of anilines is 1. The molecule has 0 unspecified atom stereocenters. The number of nitrogens with two attached hydrogens (primary N) is 1. The molecule has 1 aliphatic carbocycles. The van der Waals surface area contributed by atoms with Crippen molar-refractivity contribution < 1.29 is 4.79 Å². The number of hydrogen-bond donors (Lipinski definition) is 2. The minimum absolute atomic E-state index is 0.141. The van der Waals surface area contributed by atoms with E-state index in [2.05, 4.69) is 15.4 Å². The van der Waals surface area contributed by atoms with Gasteiger partial charge in [0.25, 0.3) is 5.91 Å². The average molecular weight is 285 g/mol. The highest BCUT2D eigenvalue weighted by Crippen LogP contribution is 2.23. The Kier molecular flexibility index (Phi) is 3.60. The van der Waals surface area contributed by atoms with Gasteiger partial charge < -0.3 is 11.1 Å². The summed E-state index contributed by atoms with van der Waals surface area (Å²) in [7, 11) is 1.85. The molecule has 6 heteroatoms. The number of carbonyl (C=O) groups excluding carboxylic acids is 1. The normalized spacial score (nSPS) is 15.3. The van der Waals surface area contributed by atoms with Crippen molar-refractivity contribution in [1.29, 1.82) is 0 Å². The summed E-state index contributed by atoms with van der Waals surface area (Å²) in [5.41, 5.74) is 8.05. The van der Waals surface area contributed by atoms with Crippen LogP contribution in [0.15, 0.2) is 24.7 Å². The number of pyridine rings is 1. The maximum absolute atomic E-state index is 12.4. The minimum Gasteiger partial charge on any atom is -0.383 e. The SMILES string of the molecule is Cn1cc(-c2cnc(N)c(C(=O)NC3CCCC3)c2)cn1. The molecule has 6 nitrogen and oxygen atoms in total. The third-order valence-corrected chi connectivity index (χ3v) is 3.89. The quantitative estimate of drug-likeness (QED) is 0.899. The zero-order chi connectivity index (χ0) is 14.8. The van der Waals surface area contributed by atoms with Gasteiger partial charge in [-0.3, -0.25) is 9.48 Å². The number of nitrogens with zero attached hydrogens (tertiary/aromatic N) is 3. The predicted octanol–water partition coefficient (Wildman–Crippen LogP) is 1.74. The first-order chi connectivity index (χ1) is 10.1. The van der Waals surface area contributed by atoms with Crippen LogP contribution in [0.3, 0.4) is 0 Å². The summed E-state index contributed by atoms with van der Waals surface area (Å²) in [6.07, 6.45) is 9.72. The Labute approximate surface area is 123 Å². The number of aromatic nitrogens is 3. The summed E-state index contributed by atoms with van der Waals surface area (Å²) in [5, 5.41) is 7.17. The molecule has 21 heavy (non-hydrogen) atoms. The first-order valence-corrected chi connectivity index (χ1v) is 7.19. The highest BCUT2D eigenvalue weighted by atomic mass is 16.1. The lowest BCUT2D eigenvalue weighted by Crippen LogP contribution is -2.33. The highest BCUT2D eigenvalue weighted by molar-refractivity contribution is 5.99. The molecule has 0 bridgehead atoms. The Bertz CT molecular complexity index is 658. The van der Waals surface area contributed by atoms with E-state index < -0.39 is 0 Å². The van der Waals surface area contributed by atoms with Crippen molar-refractivity contribution in [2.45, 2.75) is 31.7 Å². The maximum Gasteiger partial charge on any atom is 0.255 e. The second-order valence-corrected chi connectivity index (χ2v) is 5.51. The molecule has 110 valence electrons. The number of nitrogen functional groups attached to an aromatic ring is 1. The fourth-order valence-corrected chi connectivity index (χ4v) is 2.72. The van der Waals surface area contributed by atoms with Gasteiger partial charge in [0.15, 0.2) is 0 Å². The molecule has 2 aromatic rings. The summed E-state index contributed by atoms with van der Waals surface area (Å²) >= 11 is 0. The number of rotatable bonds is 3. The molecule has 3 rings (SSSR count). The van der Waals surface area contributed by atoms with E-state index in [1.165, 1.54) is 12.8 Å². The molecule has 1 fully saturated rings. The number of hydrogen-bond acceptors (Lipinski definition) is 4. The van der Waals surface area contributed by atoms with Crippen LogP contribution in [0, 0.1) is 0 Å². The molecule has 2 aromatic heterocycles. The van der Waals surface area contributed by atoms with Crippen LogP contribution in [0.2, 0.25) is 0 Å². The van der Waals surface area contributed by atoms with Crippen LogP contribution in [-0.4, -0.2) is 26.7 Å². The number of carbonyl (C=O) groups is 1. The Balaban J connectivity index is 1.85. The predicted molar refractivity (Wildman–Crippen MR) is 80.6 cm³/mol. The van der Waals surface area contributed by atoms with E-state index in [-0.39, 0.29) is 17.8 Å². The van der Waals surface area contributed by atoms with E-state index in [1.807, 2.05) is 13.2 Å². The monoisotopic (exact) mass is 285 g/mol. The van der Waals surface area contributed by atoms with E-state index in [4.69, 9.17) is 5.73 Å². The maximum atomic E-state index is 12.4. The van der Waals surface area contributed by atoms with Gasteiger partial charge in [0.1, 0.15) is 5.82 Å². The first kappa shape index (κ1) is 13.6. The summed E-state index contributed by atoms with van der Waals surface area (Å²) in [6, 6.07) is 2.04. The number of nitrogens with one attached hydrogen (secondary N) is 1. The van der Waals surface area contributed by atoms with E-state index >= 15 is 0 Å². The van der Waals surface area contributed by atoms with Crippen molar-refractivity contribution in [1.82, 2.24) is 20.1 Å². The molecule has 2 heterocycles. The Morgan fingerprint density at radius 3 is 2.76 bits per heavy atom.